The zero-order valence-electron chi connectivity index (χ0n) is 78.4. The summed E-state index contributed by atoms with van der Waals surface area (Å²) in [5.74, 6) is -23.4. The van der Waals surface area contributed by atoms with Crippen molar-refractivity contribution in [1.29, 1.82) is 5.41 Å². The molecule has 0 unspecified atom stereocenters. The lowest BCUT2D eigenvalue weighted by Gasteiger charge is -2.33. The number of carbonyl (C=O) groups is 22. The second kappa shape index (κ2) is 53.3. The first-order chi connectivity index (χ1) is 64.9. The number of rotatable bonds is 50. The highest BCUT2D eigenvalue weighted by Gasteiger charge is 2.48. The summed E-state index contributed by atoms with van der Waals surface area (Å²) in [5.41, 5.74) is 11.6. The zero-order valence-corrected chi connectivity index (χ0v) is 78.4. The average molecular weight is 1960 g/mol. The summed E-state index contributed by atoms with van der Waals surface area (Å²) in [4.78, 5) is 311. The molecule has 1 aromatic rings. The maximum Gasteiger partial charge on any atom is 0.325 e. The van der Waals surface area contributed by atoms with E-state index in [9.17, 15) is 141 Å². The number of carboxylic acids is 2. The number of aromatic amines is 1. The number of nitrogens with zero attached hydrogens (tertiary/aromatic N) is 6. The smallest absolute Gasteiger partial charge is 0.325 e. The van der Waals surface area contributed by atoms with Crippen molar-refractivity contribution in [1.82, 2.24) is 120 Å². The van der Waals surface area contributed by atoms with Crippen LogP contribution in [-0.2, 0) is 112 Å². The summed E-state index contributed by atoms with van der Waals surface area (Å²) in [6, 6.07) is -28.3. The van der Waals surface area contributed by atoms with Gasteiger partial charge in [0.25, 0.3) is 0 Å². The first kappa shape index (κ1) is 113. The third kappa shape index (κ3) is 32.4. The van der Waals surface area contributed by atoms with Crippen LogP contribution in [0.4, 0.5) is 0 Å². The highest BCUT2D eigenvalue weighted by Crippen LogP contribution is 2.28. The van der Waals surface area contributed by atoms with Crippen LogP contribution in [0, 0.1) is 11.3 Å². The molecule has 0 aliphatic carbocycles. The summed E-state index contributed by atoms with van der Waals surface area (Å²) >= 11 is 0. The summed E-state index contributed by atoms with van der Waals surface area (Å²) in [5, 5.41) is 118. The number of likely N-dealkylation sites (tertiary alicyclic amines) is 5. The number of amides is 20. The molecule has 768 valence electrons. The van der Waals surface area contributed by atoms with Crippen molar-refractivity contribution >= 4 is 136 Å². The van der Waals surface area contributed by atoms with Gasteiger partial charge in [0.1, 0.15) is 109 Å². The summed E-state index contributed by atoms with van der Waals surface area (Å²) < 4.78 is 0. The van der Waals surface area contributed by atoms with Crippen molar-refractivity contribution in [3.05, 3.63) is 18.2 Å². The lowest BCUT2D eigenvalue weighted by Crippen LogP contribution is -2.62. The maximum absolute atomic E-state index is 14.7. The Hall–Kier alpha value is -13.4. The van der Waals surface area contributed by atoms with Crippen molar-refractivity contribution in [3.63, 3.8) is 0 Å². The van der Waals surface area contributed by atoms with E-state index >= 15 is 0 Å². The molecule has 5 aliphatic heterocycles. The summed E-state index contributed by atoms with van der Waals surface area (Å²) in [6.45, 7) is 8.82. The van der Waals surface area contributed by atoms with Crippen LogP contribution in [0.5, 0.6) is 0 Å². The zero-order chi connectivity index (χ0) is 103. The number of imidazole rings is 1. The SMILES string of the molecule is CC(C)[C@H](NC(=O)CNC(=O)[C@H](Cc1cnc[nH]1)NC(=O)[C@H](C)N)C(=O)N[C@H](C(=O)N[C@@H](CO)C(=O)N[C@@H](C)C(=O)N1CCC[C@H]1C(=O)N[C@@H](CC(=O)O)C(=O)N[C@H](C(=O)N[C@@H](CCCNC(=N)N)C(=O)N1CCC[C@H]1C(=O)N[C@@H](C)C(=O)N1CCC[C@H]1C(=O)NCC(=O)N[C@@H](CO)C(=O)N[C@H](C(=O)N[C@@H](C)C(=O)N1CCC[C@H]1C(=O)N1CCC[C@H]1C(=O)N[C@@H](C)C(=O)O)[C@@H](C)O)[C@@H](C)O)[C@@H](C)O. The summed E-state index contributed by atoms with van der Waals surface area (Å²) in [6.07, 6.45) is -2.18. The Morgan fingerprint density at radius 1 is 0.413 bits per heavy atom. The van der Waals surface area contributed by atoms with Crippen molar-refractivity contribution in [2.45, 2.75) is 292 Å². The van der Waals surface area contributed by atoms with Crippen LogP contribution in [0.25, 0.3) is 0 Å². The van der Waals surface area contributed by atoms with Crippen molar-refractivity contribution in [2.24, 2.45) is 17.4 Å². The molecule has 55 heteroatoms. The molecule has 55 nitrogen and oxygen atoms in total. The normalized spacial score (nSPS) is 20.5. The third-order valence-electron chi connectivity index (χ3n) is 23.7. The molecule has 20 amide bonds. The third-order valence-corrected chi connectivity index (χ3v) is 23.7. The number of aliphatic hydroxyl groups excluding tert-OH is 5. The van der Waals surface area contributed by atoms with Gasteiger partial charge in [0.05, 0.1) is 63.4 Å². The lowest BCUT2D eigenvalue weighted by molar-refractivity contribution is -0.148. The number of H-pyrrole nitrogens is 1. The number of aromatic nitrogens is 2. The minimum Gasteiger partial charge on any atom is -0.481 e. The average Bonchev–Trinajstić information content (AvgIpc) is 1.64. The van der Waals surface area contributed by atoms with Crippen LogP contribution in [-0.4, -0.2) is 405 Å². The Kier molecular flexibility index (Phi) is 43.8. The molecule has 0 radical (unpaired) electrons. The van der Waals surface area contributed by atoms with Gasteiger partial charge in [-0.3, -0.25) is 111 Å². The maximum atomic E-state index is 14.7. The molecular formula is C83H132N26O29. The topological polar surface area (TPSA) is 830 Å². The standard InChI is InChI=1S/C83H132N26O29/c1-37(2)60(101-58(116)33-89-65(120)48(98-64(119)38(3)84)29-46-31-87-36-91-46)73(128)104-63(45(10)114)76(131)100-51(35-111)67(122)92-39(4)77(132)106-25-13-21-55(106)72(127)99-49(30-59(117)118)66(121)102-62(44(9)113)75(130)97-47(17-11-23-88-83(85)86)80(135)107-26-14-19-53(107)70(125)93-40(5)78(133)105-24-12-18-52(105)69(124)90-32-57(115)96-50(34-110)68(123)103-61(43(8)112)74(129)94-41(6)79(134)109-28-16-22-56(109)81(136)108-27-15-20-54(108)71(126)95-42(7)82(137)138/h31,36-45,47-56,60-63,110-114H,11-30,32-35,84H2,1-10H3,(H,87,91)(H,89,120)(H,90,124)(H,92,122)(H,93,125)(H,94,129)(H,95,126)(H,96,115)(H,97,130)(H,98,119)(H,99,127)(H,100,131)(H,101,116)(H,102,121)(H,103,123)(H,104,128)(H,117,118)(H,137,138)(H4,85,86,88)/t38-,39-,40-,41-,42-,43+,44+,45+,47-,48-,49-,50-,51-,52-,53-,54-,55-,56-,60-,61-,62-,63-/m0/s1. The van der Waals surface area contributed by atoms with E-state index in [4.69, 9.17) is 16.9 Å². The Morgan fingerprint density at radius 2 is 0.797 bits per heavy atom. The fourth-order valence-corrected chi connectivity index (χ4v) is 16.1. The molecule has 5 fully saturated rings. The number of guanidine groups is 1. The predicted molar refractivity (Wildman–Crippen MR) is 477 cm³/mol. The van der Waals surface area contributed by atoms with Gasteiger partial charge < -0.3 is 162 Å². The van der Waals surface area contributed by atoms with Gasteiger partial charge >= 0.3 is 11.9 Å². The van der Waals surface area contributed by atoms with Crippen LogP contribution in [0.15, 0.2) is 12.5 Å². The molecule has 6 rings (SSSR count). The number of nitrogens with one attached hydrogen (secondary N) is 18. The minimum atomic E-state index is -2.06. The van der Waals surface area contributed by atoms with E-state index in [1.165, 1.54) is 70.8 Å². The monoisotopic (exact) mass is 1960 g/mol. The Morgan fingerprint density at radius 3 is 1.26 bits per heavy atom. The Balaban J connectivity index is 1.01. The van der Waals surface area contributed by atoms with Crippen LogP contribution < -0.4 is 96.5 Å². The van der Waals surface area contributed by atoms with Gasteiger partial charge in [0, 0.05) is 57.6 Å². The van der Waals surface area contributed by atoms with E-state index < -0.39 is 308 Å². The summed E-state index contributed by atoms with van der Waals surface area (Å²) in [7, 11) is 0. The fraction of sp³-hybridized carbons (Fsp3) is 0.687. The molecule has 0 aromatic carbocycles. The number of aliphatic carboxylic acids is 2. The molecule has 29 N–H and O–H groups in total. The van der Waals surface area contributed by atoms with Crippen LogP contribution in [0.3, 0.4) is 0 Å². The molecule has 6 heterocycles. The van der Waals surface area contributed by atoms with Crippen LogP contribution >= 0.6 is 0 Å². The van der Waals surface area contributed by atoms with Crippen molar-refractivity contribution < 1.29 is 141 Å². The van der Waals surface area contributed by atoms with Gasteiger partial charge in [-0.05, 0) is 138 Å². The van der Waals surface area contributed by atoms with E-state index in [0.29, 0.717) is 18.5 Å². The quantitative estimate of drug-likeness (QED) is 0.0164. The van der Waals surface area contributed by atoms with E-state index in [1.54, 1.807) is 0 Å². The molecule has 0 saturated carbocycles. The fourth-order valence-electron chi connectivity index (χ4n) is 16.1. The Labute approximate surface area is 792 Å². The van der Waals surface area contributed by atoms with E-state index in [-0.39, 0.29) is 110 Å². The molecule has 22 atom stereocenters. The largest absolute Gasteiger partial charge is 0.481 e. The van der Waals surface area contributed by atoms with E-state index in [2.05, 4.69) is 95.0 Å². The first-order valence-electron chi connectivity index (χ1n) is 45.5. The van der Waals surface area contributed by atoms with Gasteiger partial charge in [-0.2, -0.15) is 0 Å². The highest BCUT2D eigenvalue weighted by molar-refractivity contribution is 6.03. The minimum absolute atomic E-state index is 0.00585. The second-order valence-electron chi connectivity index (χ2n) is 35.0. The van der Waals surface area contributed by atoms with Crippen LogP contribution in [0.1, 0.15) is 158 Å². The van der Waals surface area contributed by atoms with Crippen molar-refractivity contribution in [3.8, 4) is 0 Å². The molecule has 1 aromatic heterocycles. The molecule has 0 spiro atoms. The number of aliphatic hydroxyl groups is 5. The van der Waals surface area contributed by atoms with Gasteiger partial charge in [-0.25, -0.2) is 4.98 Å². The number of carbonyl (C=O) groups excluding carboxylic acids is 20. The molecule has 5 aliphatic rings. The first-order valence-corrected chi connectivity index (χ1v) is 45.5. The van der Waals surface area contributed by atoms with E-state index in [1.807, 2.05) is 0 Å². The number of hydrogen-bond donors (Lipinski definition) is 27. The van der Waals surface area contributed by atoms with E-state index in [0.717, 1.165) is 35.5 Å². The molecule has 5 saturated heterocycles. The van der Waals surface area contributed by atoms with Crippen LogP contribution in [0.2, 0.25) is 0 Å². The lowest BCUT2D eigenvalue weighted by atomic mass is 10.0. The predicted octanol–water partition coefficient (Wildman–Crippen LogP) is -13.5. The van der Waals surface area contributed by atoms with Gasteiger partial charge in [0.2, 0.25) is 118 Å². The van der Waals surface area contributed by atoms with Gasteiger partial charge in [-0.1, -0.05) is 13.8 Å². The number of nitrogens with two attached hydrogens (primary N) is 2. The molecular weight excluding hydrogens is 1830 g/mol. The molecule has 138 heavy (non-hydrogen) atoms. The second-order valence-corrected chi connectivity index (χ2v) is 35.0. The molecule has 0 bridgehead atoms. The highest BCUT2D eigenvalue weighted by atomic mass is 16.4. The number of carboxylic acid groups (broad SMARTS) is 2. The van der Waals surface area contributed by atoms with Crippen molar-refractivity contribution in [2.75, 3.05) is 65.6 Å². The van der Waals surface area contributed by atoms with Gasteiger partial charge in [0.15, 0.2) is 5.96 Å². The van der Waals surface area contributed by atoms with Gasteiger partial charge in [-0.15, -0.1) is 0 Å². The Bertz CT molecular complexity index is 4580. The number of hydrogen-bond acceptors (Lipinski definition) is 30.